The molecule has 0 aliphatic carbocycles. The molecule has 0 amide bonds. The van der Waals surface area contributed by atoms with Crippen LogP contribution in [0.2, 0.25) is 5.02 Å². The number of rotatable bonds is 5. The minimum absolute atomic E-state index is 0.0161. The molecule has 0 radical (unpaired) electrons. The highest BCUT2D eigenvalue weighted by Crippen LogP contribution is 2.30. The molecule has 0 atom stereocenters. The average Bonchev–Trinajstić information content (AvgIpc) is 2.45. The number of hydrogen-bond donors (Lipinski definition) is 1. The van der Waals surface area contributed by atoms with Crippen LogP contribution in [0.1, 0.15) is 31.3 Å². The monoisotopic (exact) mass is 309 g/mol. The molecule has 0 unspecified atom stereocenters. The number of aromatic nitrogens is 2. The van der Waals surface area contributed by atoms with E-state index < -0.39 is 5.82 Å². The van der Waals surface area contributed by atoms with Crippen LogP contribution >= 0.6 is 11.6 Å². The maximum Gasteiger partial charge on any atom is 0.184 e. The summed E-state index contributed by atoms with van der Waals surface area (Å²) in [6, 6.07) is 4.61. The summed E-state index contributed by atoms with van der Waals surface area (Å²) in [7, 11) is 1.81. The summed E-state index contributed by atoms with van der Waals surface area (Å²) < 4.78 is 19.5. The Labute approximate surface area is 128 Å². The number of nitrogens with one attached hydrogen (secondary N) is 1. The first-order chi connectivity index (χ1) is 10.0. The molecule has 0 saturated carbocycles. The quantitative estimate of drug-likeness (QED) is 0.910. The van der Waals surface area contributed by atoms with Gasteiger partial charge in [-0.05, 0) is 19.2 Å². The number of nitrogens with zero attached hydrogens (tertiary/aromatic N) is 2. The molecule has 0 spiro atoms. The average molecular weight is 310 g/mol. The van der Waals surface area contributed by atoms with Crippen LogP contribution in [0.4, 0.5) is 4.39 Å². The van der Waals surface area contributed by atoms with Crippen LogP contribution in [0.25, 0.3) is 0 Å². The highest BCUT2D eigenvalue weighted by Gasteiger charge is 2.14. The topological polar surface area (TPSA) is 47.0 Å². The third kappa shape index (κ3) is 3.68. The van der Waals surface area contributed by atoms with Crippen molar-refractivity contribution >= 4 is 11.6 Å². The second kappa shape index (κ2) is 6.83. The first kappa shape index (κ1) is 15.7. The molecule has 1 aromatic heterocycles. The summed E-state index contributed by atoms with van der Waals surface area (Å²) in [6.45, 7) is 4.52. The lowest BCUT2D eigenvalue weighted by Gasteiger charge is -2.13. The molecule has 0 bridgehead atoms. The van der Waals surface area contributed by atoms with Crippen molar-refractivity contribution < 1.29 is 9.13 Å². The van der Waals surface area contributed by atoms with Crippen LogP contribution in [0.3, 0.4) is 0 Å². The van der Waals surface area contributed by atoms with Gasteiger partial charge in [0.05, 0.1) is 11.2 Å². The van der Waals surface area contributed by atoms with Crippen LogP contribution < -0.4 is 10.1 Å². The fraction of sp³-hybridized carbons (Fsp3) is 0.333. The summed E-state index contributed by atoms with van der Waals surface area (Å²) in [5, 5.41) is 3.03. The smallest absolute Gasteiger partial charge is 0.184 e. The lowest BCUT2D eigenvalue weighted by molar-refractivity contribution is 0.430. The molecule has 1 aromatic carbocycles. The maximum atomic E-state index is 13.9. The van der Waals surface area contributed by atoms with Crippen LogP contribution in [0.15, 0.2) is 24.4 Å². The predicted octanol–water partition coefficient (Wildman–Crippen LogP) is 3.90. The zero-order chi connectivity index (χ0) is 15.4. The van der Waals surface area contributed by atoms with Gasteiger partial charge in [-0.2, -0.15) is 0 Å². The second-order valence-corrected chi connectivity index (χ2v) is 5.29. The predicted molar refractivity (Wildman–Crippen MR) is 80.4 cm³/mol. The van der Waals surface area contributed by atoms with Crippen molar-refractivity contribution in [2.75, 3.05) is 7.05 Å². The van der Waals surface area contributed by atoms with Crippen molar-refractivity contribution in [2.45, 2.75) is 26.3 Å². The fourth-order valence-electron chi connectivity index (χ4n) is 1.76. The molecule has 2 aromatic rings. The normalized spacial score (nSPS) is 11.0. The van der Waals surface area contributed by atoms with Gasteiger partial charge in [-0.25, -0.2) is 14.4 Å². The van der Waals surface area contributed by atoms with Gasteiger partial charge >= 0.3 is 0 Å². The molecule has 0 saturated heterocycles. The molecule has 1 N–H and O–H groups in total. The van der Waals surface area contributed by atoms with E-state index in [1.54, 1.807) is 19.3 Å². The maximum absolute atomic E-state index is 13.9. The molecule has 21 heavy (non-hydrogen) atoms. The molecule has 6 heteroatoms. The molecular weight excluding hydrogens is 293 g/mol. The molecule has 0 aliphatic rings. The van der Waals surface area contributed by atoms with E-state index in [9.17, 15) is 4.39 Å². The molecule has 0 fully saturated rings. The second-order valence-electron chi connectivity index (χ2n) is 4.88. The van der Waals surface area contributed by atoms with Gasteiger partial charge in [-0.3, -0.25) is 0 Å². The van der Waals surface area contributed by atoms with Gasteiger partial charge in [-0.1, -0.05) is 31.5 Å². The summed E-state index contributed by atoms with van der Waals surface area (Å²) >= 11 is 5.75. The minimum atomic E-state index is -0.595. The third-order valence-corrected chi connectivity index (χ3v) is 3.14. The lowest BCUT2D eigenvalue weighted by atomic mass is 10.2. The Morgan fingerprint density at radius 2 is 2.10 bits per heavy atom. The zero-order valence-electron chi connectivity index (χ0n) is 12.2. The minimum Gasteiger partial charge on any atom is -0.451 e. The van der Waals surface area contributed by atoms with Gasteiger partial charge in [0.1, 0.15) is 11.5 Å². The van der Waals surface area contributed by atoms with Crippen molar-refractivity contribution in [2.24, 2.45) is 0 Å². The van der Waals surface area contributed by atoms with Gasteiger partial charge in [0, 0.05) is 12.5 Å². The Hall–Kier alpha value is -1.72. The fourth-order valence-corrected chi connectivity index (χ4v) is 1.93. The van der Waals surface area contributed by atoms with Crippen molar-refractivity contribution in [1.29, 1.82) is 0 Å². The van der Waals surface area contributed by atoms with E-state index in [-0.39, 0.29) is 16.7 Å². The number of benzene rings is 1. The van der Waals surface area contributed by atoms with Gasteiger partial charge in [0.2, 0.25) is 0 Å². The lowest BCUT2D eigenvalue weighted by Crippen LogP contribution is -2.11. The largest absolute Gasteiger partial charge is 0.451 e. The van der Waals surface area contributed by atoms with E-state index in [2.05, 4.69) is 15.3 Å². The highest BCUT2D eigenvalue weighted by atomic mass is 35.5. The molecule has 0 aliphatic heterocycles. The molecular formula is C15H17ClFN3O. The Morgan fingerprint density at radius 3 is 2.76 bits per heavy atom. The van der Waals surface area contributed by atoms with E-state index in [4.69, 9.17) is 16.3 Å². The van der Waals surface area contributed by atoms with Gasteiger partial charge in [0.15, 0.2) is 17.3 Å². The summed E-state index contributed by atoms with van der Waals surface area (Å²) in [5.41, 5.74) is 0.676. The summed E-state index contributed by atoms with van der Waals surface area (Å²) in [4.78, 5) is 8.71. The van der Waals surface area contributed by atoms with E-state index >= 15 is 0 Å². The van der Waals surface area contributed by atoms with Gasteiger partial charge in [-0.15, -0.1) is 0 Å². The Morgan fingerprint density at radius 1 is 1.33 bits per heavy atom. The van der Waals surface area contributed by atoms with Gasteiger partial charge in [0.25, 0.3) is 0 Å². The summed E-state index contributed by atoms with van der Waals surface area (Å²) in [5.74, 6) is 0.801. The molecule has 4 nitrogen and oxygen atoms in total. The first-order valence-corrected chi connectivity index (χ1v) is 7.03. The summed E-state index contributed by atoms with van der Waals surface area (Å²) in [6.07, 6.45) is 1.56. The first-order valence-electron chi connectivity index (χ1n) is 6.65. The SMILES string of the molecule is CNCc1nc(C(C)C)ncc1Oc1cccc(Cl)c1F. The Balaban J connectivity index is 2.36. The van der Waals surface area contributed by atoms with Gasteiger partial charge < -0.3 is 10.1 Å². The van der Waals surface area contributed by atoms with Crippen molar-refractivity contribution in [3.05, 3.63) is 46.8 Å². The van der Waals surface area contributed by atoms with Crippen LogP contribution in [-0.2, 0) is 6.54 Å². The number of halogens is 2. The Kier molecular flexibility index (Phi) is 5.09. The molecule has 112 valence electrons. The Bertz CT molecular complexity index is 634. The molecule has 2 rings (SSSR count). The van der Waals surface area contributed by atoms with Crippen molar-refractivity contribution in [3.63, 3.8) is 0 Å². The van der Waals surface area contributed by atoms with Crippen LogP contribution in [0.5, 0.6) is 11.5 Å². The van der Waals surface area contributed by atoms with E-state index in [0.717, 1.165) is 5.82 Å². The number of hydrogen-bond acceptors (Lipinski definition) is 4. The van der Waals surface area contributed by atoms with Crippen molar-refractivity contribution in [3.8, 4) is 11.5 Å². The third-order valence-electron chi connectivity index (χ3n) is 2.84. The van der Waals surface area contributed by atoms with Crippen LogP contribution in [0, 0.1) is 5.82 Å². The zero-order valence-corrected chi connectivity index (χ0v) is 12.9. The van der Waals surface area contributed by atoms with E-state index in [1.165, 1.54) is 12.1 Å². The highest BCUT2D eigenvalue weighted by molar-refractivity contribution is 6.30. The number of ether oxygens (including phenoxy) is 1. The van der Waals surface area contributed by atoms with Crippen LogP contribution in [-0.4, -0.2) is 17.0 Å². The van der Waals surface area contributed by atoms with E-state index in [0.29, 0.717) is 18.0 Å². The molecule has 1 heterocycles. The van der Waals surface area contributed by atoms with E-state index in [1.807, 2.05) is 13.8 Å². The standard InChI is InChI=1S/C15H17ClFN3O/c1-9(2)15-19-8-13(11(20-15)7-18-3)21-12-6-4-5-10(16)14(12)17/h4-6,8-9,18H,7H2,1-3H3. The van der Waals surface area contributed by atoms with Crippen molar-refractivity contribution in [1.82, 2.24) is 15.3 Å².